The van der Waals surface area contributed by atoms with Crippen LogP contribution in [0.2, 0.25) is 0 Å². The zero-order chi connectivity index (χ0) is 14.7. The van der Waals surface area contributed by atoms with E-state index in [0.717, 1.165) is 38.0 Å². The third kappa shape index (κ3) is 4.25. The summed E-state index contributed by atoms with van der Waals surface area (Å²) in [4.78, 5) is 12.3. The molecule has 2 aromatic heterocycles. The SMILES string of the molecule is Cc1cnc(OC2CCN(Cc3cc(Br)cs3)CC2)nc1. The molecule has 0 spiro atoms. The van der Waals surface area contributed by atoms with Crippen LogP contribution in [0.15, 0.2) is 28.3 Å². The van der Waals surface area contributed by atoms with E-state index in [-0.39, 0.29) is 6.10 Å². The molecule has 3 heterocycles. The predicted molar refractivity (Wildman–Crippen MR) is 87.7 cm³/mol. The molecule has 4 nitrogen and oxygen atoms in total. The predicted octanol–water partition coefficient (Wildman–Crippen LogP) is 3.65. The number of aryl methyl sites for hydroxylation is 1. The average Bonchev–Trinajstić information content (AvgIpc) is 2.89. The van der Waals surface area contributed by atoms with Crippen molar-refractivity contribution in [3.63, 3.8) is 0 Å². The zero-order valence-electron chi connectivity index (χ0n) is 12.0. The molecular weight excluding hydrogens is 350 g/mol. The van der Waals surface area contributed by atoms with Gasteiger partial charge in [-0.1, -0.05) is 0 Å². The zero-order valence-corrected chi connectivity index (χ0v) is 14.4. The molecule has 21 heavy (non-hydrogen) atoms. The van der Waals surface area contributed by atoms with Crippen LogP contribution in [0.25, 0.3) is 0 Å². The molecule has 1 aliphatic rings. The second-order valence-corrected chi connectivity index (χ2v) is 7.28. The molecule has 0 aromatic carbocycles. The Kier molecular flexibility index (Phi) is 4.87. The van der Waals surface area contributed by atoms with Gasteiger partial charge in [0.15, 0.2) is 0 Å². The fourth-order valence-corrected chi connectivity index (χ4v) is 3.93. The number of hydrogen-bond donors (Lipinski definition) is 0. The number of ether oxygens (including phenoxy) is 1. The maximum absolute atomic E-state index is 5.86. The lowest BCUT2D eigenvalue weighted by atomic mass is 10.1. The Hall–Kier alpha value is -0.980. The van der Waals surface area contributed by atoms with E-state index in [9.17, 15) is 0 Å². The number of likely N-dealkylation sites (tertiary alicyclic amines) is 1. The molecule has 0 atom stereocenters. The lowest BCUT2D eigenvalue weighted by Gasteiger charge is -2.31. The molecule has 0 unspecified atom stereocenters. The molecule has 0 N–H and O–H groups in total. The van der Waals surface area contributed by atoms with Crippen LogP contribution in [0.3, 0.4) is 0 Å². The summed E-state index contributed by atoms with van der Waals surface area (Å²) in [6, 6.07) is 2.70. The van der Waals surface area contributed by atoms with E-state index >= 15 is 0 Å². The second kappa shape index (κ2) is 6.85. The fraction of sp³-hybridized carbons (Fsp3) is 0.467. The molecule has 0 aliphatic carbocycles. The third-order valence-corrected chi connectivity index (χ3v) is 5.25. The highest BCUT2D eigenvalue weighted by Crippen LogP contribution is 2.23. The number of hydrogen-bond acceptors (Lipinski definition) is 5. The van der Waals surface area contributed by atoms with Crippen molar-refractivity contribution in [2.75, 3.05) is 13.1 Å². The van der Waals surface area contributed by atoms with Crippen molar-refractivity contribution in [1.82, 2.24) is 14.9 Å². The van der Waals surface area contributed by atoms with Gasteiger partial charge in [0.1, 0.15) is 6.10 Å². The molecule has 3 rings (SSSR count). The van der Waals surface area contributed by atoms with Crippen LogP contribution >= 0.6 is 27.3 Å². The van der Waals surface area contributed by atoms with Crippen molar-refractivity contribution in [3.8, 4) is 6.01 Å². The smallest absolute Gasteiger partial charge is 0.316 e. The summed E-state index contributed by atoms with van der Waals surface area (Å²) >= 11 is 5.31. The summed E-state index contributed by atoms with van der Waals surface area (Å²) in [7, 11) is 0. The largest absolute Gasteiger partial charge is 0.460 e. The van der Waals surface area contributed by atoms with Crippen LogP contribution in [0.1, 0.15) is 23.3 Å². The van der Waals surface area contributed by atoms with Crippen molar-refractivity contribution in [2.24, 2.45) is 0 Å². The molecule has 1 aliphatic heterocycles. The average molecular weight is 368 g/mol. The van der Waals surface area contributed by atoms with E-state index in [1.807, 2.05) is 18.3 Å². The van der Waals surface area contributed by atoms with Gasteiger partial charge in [0.05, 0.1) is 0 Å². The van der Waals surface area contributed by atoms with Crippen LogP contribution in [-0.4, -0.2) is 34.1 Å². The minimum atomic E-state index is 0.235. The summed E-state index contributed by atoms with van der Waals surface area (Å²) < 4.78 is 7.04. The molecular formula is C15H18BrN3OS. The first-order valence-corrected chi connectivity index (χ1v) is 8.77. The van der Waals surface area contributed by atoms with Crippen LogP contribution in [-0.2, 0) is 6.54 Å². The van der Waals surface area contributed by atoms with Gasteiger partial charge in [-0.15, -0.1) is 11.3 Å². The van der Waals surface area contributed by atoms with Crippen LogP contribution in [0, 0.1) is 6.92 Å². The van der Waals surface area contributed by atoms with Gasteiger partial charge in [-0.05, 0) is 47.3 Å². The number of rotatable bonds is 4. The Morgan fingerprint density at radius 1 is 1.33 bits per heavy atom. The highest BCUT2D eigenvalue weighted by molar-refractivity contribution is 9.10. The Balaban J connectivity index is 1.47. The van der Waals surface area contributed by atoms with Crippen LogP contribution in [0.4, 0.5) is 0 Å². The lowest BCUT2D eigenvalue weighted by Crippen LogP contribution is -2.37. The maximum atomic E-state index is 5.86. The third-order valence-electron chi connectivity index (χ3n) is 3.57. The quantitative estimate of drug-likeness (QED) is 0.826. The highest BCUT2D eigenvalue weighted by atomic mass is 79.9. The Morgan fingerprint density at radius 2 is 2.05 bits per heavy atom. The minimum Gasteiger partial charge on any atom is -0.460 e. The number of halogens is 1. The van der Waals surface area contributed by atoms with Crippen molar-refractivity contribution in [1.29, 1.82) is 0 Å². The first kappa shape index (κ1) is 14.9. The molecule has 0 radical (unpaired) electrons. The topological polar surface area (TPSA) is 38.2 Å². The Bertz CT molecular complexity index is 579. The standard InChI is InChI=1S/C15H18BrN3OS/c1-11-7-17-15(18-8-11)20-13-2-4-19(5-3-13)9-14-6-12(16)10-21-14/h6-8,10,13H,2-5,9H2,1H3. The van der Waals surface area contributed by atoms with E-state index in [1.54, 1.807) is 12.4 Å². The number of thiophene rings is 1. The van der Waals surface area contributed by atoms with Crippen molar-refractivity contribution >= 4 is 27.3 Å². The van der Waals surface area contributed by atoms with Crippen LogP contribution < -0.4 is 4.74 Å². The monoisotopic (exact) mass is 367 g/mol. The molecule has 112 valence electrons. The lowest BCUT2D eigenvalue weighted by molar-refractivity contribution is 0.0897. The van der Waals surface area contributed by atoms with Crippen LogP contribution in [0.5, 0.6) is 6.01 Å². The van der Waals surface area contributed by atoms with E-state index in [1.165, 1.54) is 9.35 Å². The maximum Gasteiger partial charge on any atom is 0.316 e. The van der Waals surface area contributed by atoms with Gasteiger partial charge in [-0.25, -0.2) is 9.97 Å². The fourth-order valence-electron chi connectivity index (χ4n) is 2.43. The summed E-state index contributed by atoms with van der Waals surface area (Å²) in [6.45, 7) is 5.13. The van der Waals surface area contributed by atoms with Gasteiger partial charge in [0.2, 0.25) is 0 Å². The first-order chi connectivity index (χ1) is 10.2. The van der Waals surface area contributed by atoms with Crippen molar-refractivity contribution in [3.05, 3.63) is 38.8 Å². The highest BCUT2D eigenvalue weighted by Gasteiger charge is 2.21. The van der Waals surface area contributed by atoms with Gasteiger partial charge in [-0.3, -0.25) is 4.90 Å². The van der Waals surface area contributed by atoms with Gasteiger partial charge < -0.3 is 4.74 Å². The van der Waals surface area contributed by atoms with E-state index in [2.05, 4.69) is 42.2 Å². The van der Waals surface area contributed by atoms with E-state index in [0.29, 0.717) is 6.01 Å². The minimum absolute atomic E-state index is 0.235. The Labute approximate surface area is 137 Å². The second-order valence-electron chi connectivity index (χ2n) is 5.37. The number of aromatic nitrogens is 2. The molecule has 1 saturated heterocycles. The van der Waals surface area contributed by atoms with Crippen molar-refractivity contribution in [2.45, 2.75) is 32.4 Å². The molecule has 0 amide bonds. The first-order valence-electron chi connectivity index (χ1n) is 7.09. The normalized spacial score (nSPS) is 17.0. The molecule has 2 aromatic rings. The summed E-state index contributed by atoms with van der Waals surface area (Å²) in [5, 5.41) is 2.14. The summed E-state index contributed by atoms with van der Waals surface area (Å²) in [6.07, 6.45) is 5.89. The number of piperidine rings is 1. The summed E-state index contributed by atoms with van der Waals surface area (Å²) in [5.74, 6) is 0. The van der Waals surface area contributed by atoms with Gasteiger partial charge in [-0.2, -0.15) is 0 Å². The Morgan fingerprint density at radius 3 is 2.67 bits per heavy atom. The number of nitrogens with zero attached hydrogens (tertiary/aromatic N) is 3. The van der Waals surface area contributed by atoms with E-state index < -0.39 is 0 Å². The summed E-state index contributed by atoms with van der Waals surface area (Å²) in [5.41, 5.74) is 1.05. The van der Waals surface area contributed by atoms with Gasteiger partial charge >= 0.3 is 6.01 Å². The molecule has 6 heteroatoms. The van der Waals surface area contributed by atoms with Gasteiger partial charge in [0, 0.05) is 46.8 Å². The van der Waals surface area contributed by atoms with Crippen molar-refractivity contribution < 1.29 is 4.74 Å². The molecule has 0 saturated carbocycles. The molecule has 1 fully saturated rings. The van der Waals surface area contributed by atoms with E-state index in [4.69, 9.17) is 4.74 Å². The molecule has 0 bridgehead atoms. The van der Waals surface area contributed by atoms with Gasteiger partial charge in [0.25, 0.3) is 0 Å².